The largest absolute Gasteiger partial charge is 0.344 e. The van der Waals surface area contributed by atoms with E-state index in [0.29, 0.717) is 0 Å². The molecule has 0 spiro atoms. The van der Waals surface area contributed by atoms with E-state index in [9.17, 15) is 0 Å². The highest BCUT2D eigenvalue weighted by atomic mass is 14.1. The van der Waals surface area contributed by atoms with Crippen molar-refractivity contribution in [1.82, 2.24) is 24.6 Å². The van der Waals surface area contributed by atoms with Crippen molar-refractivity contribution in [1.29, 1.82) is 0 Å². The molecule has 0 fully saturated rings. The predicted molar refractivity (Wildman–Crippen MR) is 76.8 cm³/mol. The van der Waals surface area contributed by atoms with Crippen LogP contribution in [-0.4, -0.2) is 0 Å². The zero-order valence-electron chi connectivity index (χ0n) is 10.2. The SMILES string of the molecule is C1=Cc2cccc3cccc(c23)C1.N.N.N.N. The van der Waals surface area contributed by atoms with E-state index < -0.39 is 0 Å². The van der Waals surface area contributed by atoms with Gasteiger partial charge in [-0.25, -0.2) is 0 Å². The zero-order valence-corrected chi connectivity index (χ0v) is 10.2. The number of hydrogen-bond donors (Lipinski definition) is 4. The lowest BCUT2D eigenvalue weighted by molar-refractivity contribution is 1.29. The summed E-state index contributed by atoms with van der Waals surface area (Å²) in [6.07, 6.45) is 5.53. The third-order valence-electron chi connectivity index (χ3n) is 2.66. The Morgan fingerprint density at radius 3 is 2.12 bits per heavy atom. The van der Waals surface area contributed by atoms with Crippen molar-refractivity contribution >= 4 is 16.8 Å². The molecular weight excluding hydrogens is 212 g/mol. The Bertz CT molecular complexity index is 500. The van der Waals surface area contributed by atoms with Crippen LogP contribution >= 0.6 is 0 Å². The van der Waals surface area contributed by atoms with Gasteiger partial charge in [0.2, 0.25) is 0 Å². The molecule has 0 unspecified atom stereocenters. The number of rotatable bonds is 0. The molecule has 0 saturated heterocycles. The van der Waals surface area contributed by atoms with E-state index in [1.807, 2.05) is 0 Å². The maximum absolute atomic E-state index is 2.23. The summed E-state index contributed by atoms with van der Waals surface area (Å²) in [6.45, 7) is 0. The number of benzene rings is 2. The molecule has 0 saturated carbocycles. The summed E-state index contributed by atoms with van der Waals surface area (Å²) in [5.74, 6) is 0. The molecule has 12 N–H and O–H groups in total. The van der Waals surface area contributed by atoms with Gasteiger partial charge in [0.15, 0.2) is 0 Å². The molecule has 0 bridgehead atoms. The molecule has 1 aliphatic carbocycles. The Morgan fingerprint density at radius 1 is 0.765 bits per heavy atom. The van der Waals surface area contributed by atoms with Gasteiger partial charge in [0, 0.05) is 0 Å². The highest BCUT2D eigenvalue weighted by Gasteiger charge is 2.06. The van der Waals surface area contributed by atoms with Crippen LogP contribution in [0.15, 0.2) is 42.5 Å². The highest BCUT2D eigenvalue weighted by Crippen LogP contribution is 2.27. The third-order valence-corrected chi connectivity index (χ3v) is 2.66. The van der Waals surface area contributed by atoms with E-state index in [2.05, 4.69) is 48.6 Å². The molecule has 4 heteroatoms. The van der Waals surface area contributed by atoms with E-state index >= 15 is 0 Å². The van der Waals surface area contributed by atoms with E-state index in [0.717, 1.165) is 6.42 Å². The summed E-state index contributed by atoms with van der Waals surface area (Å²) < 4.78 is 0. The molecule has 0 amide bonds. The van der Waals surface area contributed by atoms with Crippen LogP contribution in [0.1, 0.15) is 11.1 Å². The monoisotopic (exact) mass is 234 g/mol. The standard InChI is InChI=1S/C13H10.4H3N/c1-4-10-6-2-8-12-9-3-7-11(5-1)13(10)12;;;;/h1-8H,9H2;4*1H3. The summed E-state index contributed by atoms with van der Waals surface area (Å²) in [4.78, 5) is 0. The van der Waals surface area contributed by atoms with E-state index in [1.165, 1.54) is 21.9 Å². The second-order valence-electron chi connectivity index (χ2n) is 3.47. The zero-order chi connectivity index (χ0) is 8.67. The van der Waals surface area contributed by atoms with Crippen molar-refractivity contribution in [3.05, 3.63) is 53.6 Å². The molecule has 94 valence electrons. The minimum Gasteiger partial charge on any atom is -0.344 e. The van der Waals surface area contributed by atoms with Gasteiger partial charge in [0.05, 0.1) is 0 Å². The van der Waals surface area contributed by atoms with Gasteiger partial charge in [0.25, 0.3) is 0 Å². The first-order valence-electron chi connectivity index (χ1n) is 4.62. The van der Waals surface area contributed by atoms with Crippen molar-refractivity contribution < 1.29 is 0 Å². The van der Waals surface area contributed by atoms with Crippen LogP contribution in [0.3, 0.4) is 0 Å². The number of hydrogen-bond acceptors (Lipinski definition) is 4. The second-order valence-corrected chi connectivity index (χ2v) is 3.47. The molecule has 3 rings (SSSR count). The summed E-state index contributed by atoms with van der Waals surface area (Å²) in [5.41, 5.74) is 2.81. The lowest BCUT2D eigenvalue weighted by atomic mass is 9.93. The number of allylic oxidation sites excluding steroid dienone is 1. The Hall–Kier alpha value is -1.72. The van der Waals surface area contributed by atoms with Gasteiger partial charge in [-0.1, -0.05) is 48.6 Å². The fourth-order valence-electron chi connectivity index (χ4n) is 2.07. The molecular formula is C13H22N4. The average Bonchev–Trinajstić information content (AvgIpc) is 2.19. The normalized spacial score (nSPS) is 10.4. The maximum Gasteiger partial charge on any atom is -0.00763 e. The molecule has 4 nitrogen and oxygen atoms in total. The Labute approximate surface area is 102 Å². The molecule has 0 aromatic heterocycles. The average molecular weight is 234 g/mol. The summed E-state index contributed by atoms with van der Waals surface area (Å²) in [7, 11) is 0. The van der Waals surface area contributed by atoms with Crippen molar-refractivity contribution in [2.24, 2.45) is 0 Å². The molecule has 17 heavy (non-hydrogen) atoms. The minimum atomic E-state index is 0. The topological polar surface area (TPSA) is 140 Å². The summed E-state index contributed by atoms with van der Waals surface area (Å²) in [5, 5.41) is 2.80. The van der Waals surface area contributed by atoms with Gasteiger partial charge in [-0.05, 0) is 28.3 Å². The molecule has 2 aromatic rings. The van der Waals surface area contributed by atoms with E-state index in [1.54, 1.807) is 0 Å². The molecule has 1 aliphatic rings. The minimum absolute atomic E-state index is 0. The van der Waals surface area contributed by atoms with Gasteiger partial charge >= 0.3 is 0 Å². The van der Waals surface area contributed by atoms with Crippen molar-refractivity contribution in [2.45, 2.75) is 6.42 Å². The van der Waals surface area contributed by atoms with Crippen LogP contribution < -0.4 is 24.6 Å². The predicted octanol–water partition coefficient (Wildman–Crippen LogP) is 4.06. The van der Waals surface area contributed by atoms with Crippen molar-refractivity contribution in [3.63, 3.8) is 0 Å². The lowest BCUT2D eigenvalue weighted by Gasteiger charge is -2.11. The van der Waals surface area contributed by atoms with Crippen LogP contribution in [0.4, 0.5) is 0 Å². The Morgan fingerprint density at radius 2 is 1.41 bits per heavy atom. The van der Waals surface area contributed by atoms with Crippen molar-refractivity contribution in [2.75, 3.05) is 0 Å². The molecule has 2 aromatic carbocycles. The second kappa shape index (κ2) is 6.78. The van der Waals surface area contributed by atoms with Crippen LogP contribution in [0.5, 0.6) is 0 Å². The quantitative estimate of drug-likeness (QED) is 0.545. The molecule has 0 radical (unpaired) electrons. The van der Waals surface area contributed by atoms with Gasteiger partial charge in [0.1, 0.15) is 0 Å². The molecule has 0 atom stereocenters. The van der Waals surface area contributed by atoms with Gasteiger partial charge in [-0.15, -0.1) is 0 Å². The molecule has 0 heterocycles. The van der Waals surface area contributed by atoms with Crippen molar-refractivity contribution in [3.8, 4) is 0 Å². The van der Waals surface area contributed by atoms with E-state index in [-0.39, 0.29) is 24.6 Å². The fraction of sp³-hybridized carbons (Fsp3) is 0.0769. The first kappa shape index (κ1) is 17.7. The summed E-state index contributed by atoms with van der Waals surface area (Å²) >= 11 is 0. The first-order valence-corrected chi connectivity index (χ1v) is 4.62. The Balaban J connectivity index is 0. The highest BCUT2D eigenvalue weighted by molar-refractivity contribution is 5.94. The Kier molecular flexibility index (Phi) is 7.04. The van der Waals surface area contributed by atoms with Crippen LogP contribution in [0, 0.1) is 0 Å². The summed E-state index contributed by atoms with van der Waals surface area (Å²) in [6, 6.07) is 13.0. The fourth-order valence-corrected chi connectivity index (χ4v) is 2.07. The van der Waals surface area contributed by atoms with Gasteiger partial charge in [-0.2, -0.15) is 0 Å². The van der Waals surface area contributed by atoms with Crippen LogP contribution in [0.2, 0.25) is 0 Å². The van der Waals surface area contributed by atoms with Gasteiger partial charge in [-0.3, -0.25) is 0 Å². The molecule has 0 aliphatic heterocycles. The van der Waals surface area contributed by atoms with Gasteiger partial charge < -0.3 is 24.6 Å². The maximum atomic E-state index is 2.23. The van der Waals surface area contributed by atoms with Crippen LogP contribution in [0.25, 0.3) is 16.8 Å². The van der Waals surface area contributed by atoms with E-state index in [4.69, 9.17) is 0 Å². The first-order chi connectivity index (χ1) is 6.45. The smallest absolute Gasteiger partial charge is 0.00763 e. The third kappa shape index (κ3) is 2.69. The van der Waals surface area contributed by atoms with Crippen LogP contribution in [-0.2, 0) is 6.42 Å². The lowest BCUT2D eigenvalue weighted by Crippen LogP contribution is -1.91.